The quantitative estimate of drug-likeness (QED) is 0.226. The molecule has 0 aliphatic rings. The molecule has 2 aromatic rings. The molecule has 2 aromatic carbocycles. The summed E-state index contributed by atoms with van der Waals surface area (Å²) in [5.41, 5.74) is 2.03. The molecule has 0 N–H and O–H groups in total. The summed E-state index contributed by atoms with van der Waals surface area (Å²) in [5, 5.41) is 0. The van der Waals surface area contributed by atoms with Crippen LogP contribution in [0, 0.1) is 0 Å². The number of rotatable bonds is 15. The van der Waals surface area contributed by atoms with Gasteiger partial charge < -0.3 is 9.05 Å². The van der Waals surface area contributed by atoms with Gasteiger partial charge in [-0.3, -0.25) is 4.57 Å². The molecule has 154 valence electrons. The Kier molecular flexibility index (Phi) is 11.2. The molecule has 0 radical (unpaired) electrons. The van der Waals surface area contributed by atoms with Crippen molar-refractivity contribution in [3.05, 3.63) is 71.8 Å². The number of benzene rings is 2. The molecule has 0 aromatic heterocycles. The zero-order valence-corrected chi connectivity index (χ0v) is 18.1. The SMILES string of the molecule is CCCCCCCCCCP(=O)(OCc1ccccc1)OCc1ccccc1. The molecule has 0 saturated carbocycles. The lowest BCUT2D eigenvalue weighted by Crippen LogP contribution is -2.02. The van der Waals surface area contributed by atoms with E-state index in [9.17, 15) is 4.57 Å². The highest BCUT2D eigenvalue weighted by atomic mass is 31.2. The van der Waals surface area contributed by atoms with Crippen LogP contribution >= 0.6 is 7.60 Å². The second kappa shape index (κ2) is 13.7. The molecule has 0 saturated heterocycles. The first-order valence-corrected chi connectivity index (χ1v) is 12.4. The number of hydrogen-bond acceptors (Lipinski definition) is 3. The Balaban J connectivity index is 1.80. The van der Waals surface area contributed by atoms with Crippen molar-refractivity contribution in [2.75, 3.05) is 6.16 Å². The van der Waals surface area contributed by atoms with Crippen LogP contribution in [-0.2, 0) is 26.8 Å². The Morgan fingerprint density at radius 2 is 1.07 bits per heavy atom. The van der Waals surface area contributed by atoms with Crippen LogP contribution in [0.5, 0.6) is 0 Å². The summed E-state index contributed by atoms with van der Waals surface area (Å²) in [6.07, 6.45) is 10.2. The largest absolute Gasteiger partial charge is 0.331 e. The summed E-state index contributed by atoms with van der Waals surface area (Å²) in [6.45, 7) is 2.89. The predicted octanol–water partition coefficient (Wildman–Crippen LogP) is 7.75. The lowest BCUT2D eigenvalue weighted by molar-refractivity contribution is 0.190. The lowest BCUT2D eigenvalue weighted by atomic mass is 10.1. The first kappa shape index (κ1) is 22.9. The van der Waals surface area contributed by atoms with Crippen LogP contribution in [0.3, 0.4) is 0 Å². The van der Waals surface area contributed by atoms with E-state index in [1.165, 1.54) is 38.5 Å². The summed E-state index contributed by atoms with van der Waals surface area (Å²) in [5.74, 6) is 0. The van der Waals surface area contributed by atoms with E-state index < -0.39 is 7.60 Å². The molecule has 0 atom stereocenters. The van der Waals surface area contributed by atoms with Crippen LogP contribution in [0.4, 0.5) is 0 Å². The highest BCUT2D eigenvalue weighted by Crippen LogP contribution is 2.50. The molecular weight excluding hydrogens is 367 g/mol. The Bertz CT molecular complexity index is 625. The van der Waals surface area contributed by atoms with Gasteiger partial charge in [0.25, 0.3) is 0 Å². The van der Waals surface area contributed by atoms with E-state index in [2.05, 4.69) is 6.92 Å². The van der Waals surface area contributed by atoms with Crippen LogP contribution in [0.15, 0.2) is 60.7 Å². The van der Waals surface area contributed by atoms with Gasteiger partial charge in [0.15, 0.2) is 0 Å². The fourth-order valence-corrected chi connectivity index (χ4v) is 4.74. The van der Waals surface area contributed by atoms with Gasteiger partial charge in [-0.25, -0.2) is 0 Å². The average molecular weight is 403 g/mol. The van der Waals surface area contributed by atoms with Gasteiger partial charge in [-0.05, 0) is 17.5 Å². The predicted molar refractivity (Wildman–Crippen MR) is 118 cm³/mol. The Hall–Kier alpha value is -1.41. The molecule has 0 bridgehead atoms. The molecule has 3 nitrogen and oxygen atoms in total. The Labute approximate surface area is 171 Å². The summed E-state index contributed by atoms with van der Waals surface area (Å²) in [6, 6.07) is 19.7. The zero-order valence-electron chi connectivity index (χ0n) is 17.2. The summed E-state index contributed by atoms with van der Waals surface area (Å²) < 4.78 is 25.0. The van der Waals surface area contributed by atoms with Crippen molar-refractivity contribution in [2.24, 2.45) is 0 Å². The van der Waals surface area contributed by atoms with Crippen molar-refractivity contribution < 1.29 is 13.6 Å². The van der Waals surface area contributed by atoms with Crippen molar-refractivity contribution in [3.8, 4) is 0 Å². The molecule has 0 spiro atoms. The van der Waals surface area contributed by atoms with Gasteiger partial charge >= 0.3 is 7.60 Å². The maximum absolute atomic E-state index is 13.3. The molecule has 0 heterocycles. The van der Waals surface area contributed by atoms with Gasteiger partial charge in [-0.15, -0.1) is 0 Å². The second-order valence-electron chi connectivity index (χ2n) is 7.33. The minimum Gasteiger partial charge on any atom is -0.304 e. The van der Waals surface area contributed by atoms with Crippen LogP contribution in [0.2, 0.25) is 0 Å². The molecule has 4 heteroatoms. The third kappa shape index (κ3) is 9.68. The third-order valence-corrected chi connectivity index (χ3v) is 6.74. The van der Waals surface area contributed by atoms with E-state index in [-0.39, 0.29) is 0 Å². The highest BCUT2D eigenvalue weighted by molar-refractivity contribution is 7.53. The van der Waals surface area contributed by atoms with E-state index in [1.54, 1.807) is 0 Å². The number of unbranched alkanes of at least 4 members (excludes halogenated alkanes) is 7. The van der Waals surface area contributed by atoms with E-state index in [4.69, 9.17) is 9.05 Å². The maximum atomic E-state index is 13.3. The van der Waals surface area contributed by atoms with Gasteiger partial charge in [0, 0.05) is 0 Å². The van der Waals surface area contributed by atoms with Crippen molar-refractivity contribution in [2.45, 2.75) is 71.5 Å². The van der Waals surface area contributed by atoms with Crippen LogP contribution in [0.25, 0.3) is 0 Å². The zero-order chi connectivity index (χ0) is 19.9. The van der Waals surface area contributed by atoms with Crippen molar-refractivity contribution >= 4 is 7.60 Å². The molecule has 0 fully saturated rings. The minimum atomic E-state index is -3.12. The monoisotopic (exact) mass is 402 g/mol. The fourth-order valence-electron chi connectivity index (χ4n) is 3.10. The van der Waals surface area contributed by atoms with Crippen LogP contribution < -0.4 is 0 Å². The average Bonchev–Trinajstić information content (AvgIpc) is 2.74. The molecule has 28 heavy (non-hydrogen) atoms. The van der Waals surface area contributed by atoms with Gasteiger partial charge in [-0.2, -0.15) is 0 Å². The summed E-state index contributed by atoms with van der Waals surface area (Å²) in [7, 11) is -3.12. The maximum Gasteiger partial charge on any atom is 0.331 e. The van der Waals surface area contributed by atoms with Gasteiger partial charge in [0.2, 0.25) is 0 Å². The first-order chi connectivity index (χ1) is 13.7. The van der Waals surface area contributed by atoms with E-state index in [0.29, 0.717) is 19.4 Å². The van der Waals surface area contributed by atoms with Crippen molar-refractivity contribution in [1.82, 2.24) is 0 Å². The third-order valence-electron chi connectivity index (χ3n) is 4.83. The fraction of sp³-hybridized carbons (Fsp3) is 0.500. The van der Waals surface area contributed by atoms with E-state index in [0.717, 1.165) is 24.0 Å². The topological polar surface area (TPSA) is 35.5 Å². The Morgan fingerprint density at radius 1 is 0.643 bits per heavy atom. The van der Waals surface area contributed by atoms with E-state index >= 15 is 0 Å². The standard InChI is InChI=1S/C24H35O3P/c1-2-3-4-5-6-7-8-15-20-28(25,26-21-23-16-11-9-12-17-23)27-22-24-18-13-10-14-19-24/h9-14,16-19H,2-8,15,20-22H2,1H3. The molecular formula is C24H35O3P. The van der Waals surface area contributed by atoms with Crippen LogP contribution in [-0.4, -0.2) is 6.16 Å². The van der Waals surface area contributed by atoms with Crippen molar-refractivity contribution in [1.29, 1.82) is 0 Å². The van der Waals surface area contributed by atoms with Crippen LogP contribution in [0.1, 0.15) is 69.4 Å². The normalized spacial score (nSPS) is 11.6. The lowest BCUT2D eigenvalue weighted by Gasteiger charge is -2.19. The molecule has 0 amide bonds. The van der Waals surface area contributed by atoms with Gasteiger partial charge in [0.05, 0.1) is 19.4 Å². The first-order valence-electron chi connectivity index (χ1n) is 10.7. The molecule has 0 unspecified atom stereocenters. The smallest absolute Gasteiger partial charge is 0.304 e. The summed E-state index contributed by atoms with van der Waals surface area (Å²) >= 11 is 0. The molecule has 0 aliphatic heterocycles. The second-order valence-corrected chi connectivity index (χ2v) is 9.51. The highest BCUT2D eigenvalue weighted by Gasteiger charge is 2.24. The van der Waals surface area contributed by atoms with E-state index in [1.807, 2.05) is 60.7 Å². The Morgan fingerprint density at radius 3 is 1.54 bits per heavy atom. The molecule has 0 aliphatic carbocycles. The minimum absolute atomic E-state index is 0.323. The van der Waals surface area contributed by atoms with Gasteiger partial charge in [-0.1, -0.05) is 113 Å². The molecule has 2 rings (SSSR count). The van der Waals surface area contributed by atoms with Crippen molar-refractivity contribution in [3.63, 3.8) is 0 Å². The van der Waals surface area contributed by atoms with Gasteiger partial charge in [0.1, 0.15) is 0 Å². The summed E-state index contributed by atoms with van der Waals surface area (Å²) in [4.78, 5) is 0. The number of hydrogen-bond donors (Lipinski definition) is 0.